The normalized spacial score (nSPS) is 11.5. The first-order chi connectivity index (χ1) is 10.0. The van der Waals surface area contributed by atoms with Crippen LogP contribution in [0.4, 0.5) is 4.39 Å². The van der Waals surface area contributed by atoms with E-state index < -0.39 is 5.82 Å². The predicted molar refractivity (Wildman–Crippen MR) is 82.0 cm³/mol. The van der Waals surface area contributed by atoms with E-state index in [1.54, 1.807) is 21.4 Å². The highest BCUT2D eigenvalue weighted by Gasteiger charge is 2.20. The molecule has 0 aliphatic carbocycles. The Morgan fingerprint density at radius 2 is 2.10 bits per heavy atom. The molecule has 7 heteroatoms. The molecular weight excluding hydrogens is 314 g/mol. The first-order valence-electron chi connectivity index (χ1n) is 6.45. The zero-order valence-electron chi connectivity index (χ0n) is 11.6. The van der Waals surface area contributed by atoms with E-state index >= 15 is 0 Å². The molecule has 0 radical (unpaired) electrons. The van der Waals surface area contributed by atoms with Crippen LogP contribution in [0.25, 0.3) is 16.9 Å². The van der Waals surface area contributed by atoms with Gasteiger partial charge in [-0.25, -0.2) is 14.1 Å². The number of rotatable bonds is 3. The van der Waals surface area contributed by atoms with E-state index in [4.69, 9.17) is 23.2 Å². The lowest BCUT2D eigenvalue weighted by molar-refractivity contribution is 0.614. The summed E-state index contributed by atoms with van der Waals surface area (Å²) in [7, 11) is 1.81. The van der Waals surface area contributed by atoms with Crippen LogP contribution in [0.1, 0.15) is 11.5 Å². The second kappa shape index (κ2) is 5.31. The summed E-state index contributed by atoms with van der Waals surface area (Å²) < 4.78 is 17.8. The van der Waals surface area contributed by atoms with Gasteiger partial charge >= 0.3 is 0 Å². The van der Waals surface area contributed by atoms with Gasteiger partial charge in [0, 0.05) is 24.4 Å². The lowest BCUT2D eigenvalue weighted by Crippen LogP contribution is -2.07. The van der Waals surface area contributed by atoms with Crippen LogP contribution in [0, 0.1) is 12.7 Å². The Balaban J connectivity index is 2.35. The maximum absolute atomic E-state index is 14.3. The molecule has 1 aromatic carbocycles. The number of hydrogen-bond acceptors (Lipinski definition) is 2. The molecule has 0 N–H and O–H groups in total. The Labute approximate surface area is 131 Å². The van der Waals surface area contributed by atoms with Crippen molar-refractivity contribution >= 4 is 34.4 Å². The maximum Gasteiger partial charge on any atom is 0.163 e. The highest BCUT2D eigenvalue weighted by Crippen LogP contribution is 2.27. The van der Waals surface area contributed by atoms with E-state index in [-0.39, 0.29) is 0 Å². The van der Waals surface area contributed by atoms with Crippen molar-refractivity contribution in [2.75, 3.05) is 5.88 Å². The quantitative estimate of drug-likeness (QED) is 0.689. The van der Waals surface area contributed by atoms with Crippen molar-refractivity contribution in [3.8, 4) is 5.69 Å². The number of aryl methyl sites for hydroxylation is 3. The first-order valence-corrected chi connectivity index (χ1v) is 7.36. The largest absolute Gasteiger partial charge is 0.278 e. The van der Waals surface area contributed by atoms with E-state index in [1.807, 2.05) is 14.0 Å². The van der Waals surface area contributed by atoms with Gasteiger partial charge in [-0.05, 0) is 25.1 Å². The number of benzene rings is 1. The minimum absolute atomic E-state index is 0.354. The monoisotopic (exact) mass is 326 g/mol. The average Bonchev–Trinajstić information content (AvgIpc) is 2.90. The molecule has 0 saturated carbocycles. The first kappa shape index (κ1) is 14.4. The van der Waals surface area contributed by atoms with E-state index in [1.165, 1.54) is 6.07 Å². The van der Waals surface area contributed by atoms with Crippen molar-refractivity contribution in [1.82, 2.24) is 19.3 Å². The summed E-state index contributed by atoms with van der Waals surface area (Å²) in [6.45, 7) is 1.88. The van der Waals surface area contributed by atoms with Crippen LogP contribution in [0.3, 0.4) is 0 Å². The molecule has 2 heterocycles. The van der Waals surface area contributed by atoms with Gasteiger partial charge in [0.25, 0.3) is 0 Å². The van der Waals surface area contributed by atoms with Crippen molar-refractivity contribution in [2.45, 2.75) is 13.3 Å². The molecule has 2 aromatic heterocycles. The lowest BCUT2D eigenvalue weighted by Gasteiger charge is -2.10. The van der Waals surface area contributed by atoms with Gasteiger partial charge in [-0.2, -0.15) is 5.10 Å². The molecular formula is C14H13Cl2FN4. The molecule has 0 bridgehead atoms. The topological polar surface area (TPSA) is 35.6 Å². The molecule has 21 heavy (non-hydrogen) atoms. The third kappa shape index (κ3) is 2.30. The minimum atomic E-state index is -0.406. The summed E-state index contributed by atoms with van der Waals surface area (Å²) in [5.74, 6) is 0.708. The summed E-state index contributed by atoms with van der Waals surface area (Å²) in [4.78, 5) is 4.56. The van der Waals surface area contributed by atoms with E-state index in [9.17, 15) is 4.39 Å². The van der Waals surface area contributed by atoms with Crippen LogP contribution in [0.2, 0.25) is 5.02 Å². The van der Waals surface area contributed by atoms with Gasteiger partial charge in [-0.3, -0.25) is 4.57 Å². The van der Waals surface area contributed by atoms with Gasteiger partial charge < -0.3 is 0 Å². The molecule has 3 aromatic rings. The summed E-state index contributed by atoms with van der Waals surface area (Å²) >= 11 is 11.7. The molecule has 0 unspecified atom stereocenters. The highest BCUT2D eigenvalue weighted by molar-refractivity contribution is 6.30. The smallest absolute Gasteiger partial charge is 0.163 e. The fraction of sp³-hybridized carbons (Fsp3) is 0.286. The second-order valence-electron chi connectivity index (χ2n) is 4.78. The summed E-state index contributed by atoms with van der Waals surface area (Å²) in [6.07, 6.45) is 0.539. The van der Waals surface area contributed by atoms with Crippen molar-refractivity contribution in [1.29, 1.82) is 0 Å². The summed E-state index contributed by atoms with van der Waals surface area (Å²) in [6, 6.07) is 4.58. The van der Waals surface area contributed by atoms with Gasteiger partial charge in [0.2, 0.25) is 0 Å². The Kier molecular flexibility index (Phi) is 3.63. The molecule has 0 fully saturated rings. The molecule has 0 aliphatic rings. The summed E-state index contributed by atoms with van der Waals surface area (Å²) in [5.41, 5.74) is 2.70. The number of imidazole rings is 1. The fourth-order valence-corrected chi connectivity index (χ4v) is 2.81. The maximum atomic E-state index is 14.3. The SMILES string of the molecule is Cc1nn(C)c2c1nc(CCCl)n2-c1ccc(Cl)cc1F. The van der Waals surface area contributed by atoms with Crippen molar-refractivity contribution in [2.24, 2.45) is 7.05 Å². The van der Waals surface area contributed by atoms with Crippen LogP contribution in [0.5, 0.6) is 0 Å². The van der Waals surface area contributed by atoms with Gasteiger partial charge in [-0.1, -0.05) is 11.6 Å². The van der Waals surface area contributed by atoms with Crippen molar-refractivity contribution < 1.29 is 4.39 Å². The third-order valence-electron chi connectivity index (χ3n) is 3.34. The molecule has 0 spiro atoms. The van der Waals surface area contributed by atoms with Crippen LogP contribution in [-0.4, -0.2) is 25.2 Å². The van der Waals surface area contributed by atoms with Crippen molar-refractivity contribution in [3.05, 3.63) is 40.6 Å². The Bertz CT molecular complexity index is 822. The molecule has 3 rings (SSSR count). The van der Waals surface area contributed by atoms with Crippen LogP contribution < -0.4 is 0 Å². The highest BCUT2D eigenvalue weighted by atomic mass is 35.5. The molecule has 0 aliphatic heterocycles. The average molecular weight is 327 g/mol. The number of fused-ring (bicyclic) bond motifs is 1. The van der Waals surface area contributed by atoms with Crippen LogP contribution in [-0.2, 0) is 13.5 Å². The Morgan fingerprint density at radius 3 is 2.76 bits per heavy atom. The predicted octanol–water partition coefficient (Wildman–Crippen LogP) is 3.64. The van der Waals surface area contributed by atoms with Gasteiger partial charge in [0.15, 0.2) is 5.65 Å². The van der Waals surface area contributed by atoms with E-state index in [0.717, 1.165) is 16.9 Å². The van der Waals surface area contributed by atoms with Gasteiger partial charge in [0.1, 0.15) is 17.2 Å². The van der Waals surface area contributed by atoms with Crippen LogP contribution in [0.15, 0.2) is 18.2 Å². The third-order valence-corrected chi connectivity index (χ3v) is 3.76. The number of hydrogen-bond donors (Lipinski definition) is 0. The van der Waals surface area contributed by atoms with E-state index in [2.05, 4.69) is 10.1 Å². The Hall–Kier alpha value is -1.59. The van der Waals surface area contributed by atoms with Gasteiger partial charge in [-0.15, -0.1) is 11.6 Å². The van der Waals surface area contributed by atoms with Crippen LogP contribution >= 0.6 is 23.2 Å². The number of alkyl halides is 1. The minimum Gasteiger partial charge on any atom is -0.278 e. The molecule has 0 atom stereocenters. The zero-order chi connectivity index (χ0) is 15.1. The van der Waals surface area contributed by atoms with E-state index in [0.29, 0.717) is 28.8 Å². The second-order valence-corrected chi connectivity index (χ2v) is 5.59. The molecule has 4 nitrogen and oxygen atoms in total. The number of nitrogens with zero attached hydrogens (tertiary/aromatic N) is 4. The molecule has 110 valence electrons. The number of aromatic nitrogens is 4. The summed E-state index contributed by atoms with van der Waals surface area (Å²) in [5, 5.41) is 4.69. The molecule has 0 saturated heterocycles. The zero-order valence-corrected chi connectivity index (χ0v) is 13.1. The van der Waals surface area contributed by atoms with Crippen molar-refractivity contribution in [3.63, 3.8) is 0 Å². The lowest BCUT2D eigenvalue weighted by atomic mass is 10.3. The Morgan fingerprint density at radius 1 is 1.33 bits per heavy atom. The van der Waals surface area contributed by atoms with Gasteiger partial charge in [0.05, 0.1) is 11.4 Å². The molecule has 0 amide bonds. The fourth-order valence-electron chi connectivity index (χ4n) is 2.49. The number of halogens is 3. The standard InChI is InChI=1S/C14H13Cl2FN4/c1-8-13-14(20(2)19-8)21(12(18-13)5-6-15)11-4-3-9(16)7-10(11)17/h3-4,7H,5-6H2,1-2H3.